The van der Waals surface area contributed by atoms with Gasteiger partial charge in [-0.15, -0.1) is 0 Å². The number of aliphatic hydroxyl groups excluding tert-OH is 1. The Morgan fingerprint density at radius 1 is 0.966 bits per heavy atom. The van der Waals surface area contributed by atoms with Gasteiger partial charge in [-0.05, 0) is 105 Å². The number of amides is 1. The summed E-state index contributed by atoms with van der Waals surface area (Å²) >= 11 is 0. The molecule has 2 N–H and O–H groups in total. The average molecular weight is 405 g/mol. The molecule has 8 atom stereocenters. The van der Waals surface area contributed by atoms with Crippen molar-refractivity contribution in [2.45, 2.75) is 97.6 Å². The Balaban J connectivity index is 1.45. The predicted molar refractivity (Wildman–Crippen MR) is 117 cm³/mol. The van der Waals surface area contributed by atoms with Gasteiger partial charge in [0.15, 0.2) is 0 Å². The predicted octanol–water partition coefficient (Wildman–Crippen LogP) is 4.22. The molecule has 0 aromatic rings. The summed E-state index contributed by atoms with van der Waals surface area (Å²) in [6.45, 7) is 11.7. The van der Waals surface area contributed by atoms with Crippen molar-refractivity contribution in [3.8, 4) is 0 Å². The molecular formula is C25H44N2O2. The summed E-state index contributed by atoms with van der Waals surface area (Å²) in [7, 11) is 0. The van der Waals surface area contributed by atoms with Crippen molar-refractivity contribution >= 4 is 5.91 Å². The number of hydrogen-bond donors (Lipinski definition) is 2. The zero-order chi connectivity index (χ0) is 20.8. The Morgan fingerprint density at radius 2 is 1.66 bits per heavy atom. The van der Waals surface area contributed by atoms with E-state index in [1.165, 1.54) is 38.5 Å². The van der Waals surface area contributed by atoms with Crippen molar-refractivity contribution in [2.24, 2.45) is 34.5 Å². The van der Waals surface area contributed by atoms with E-state index in [1.54, 1.807) is 0 Å². The molecule has 0 spiro atoms. The quantitative estimate of drug-likeness (QED) is 0.721. The Morgan fingerprint density at radius 3 is 2.38 bits per heavy atom. The van der Waals surface area contributed by atoms with E-state index in [1.807, 2.05) is 0 Å². The maximum Gasteiger partial charge on any atom is 0.234 e. The molecule has 4 aliphatic rings. The van der Waals surface area contributed by atoms with Crippen LogP contribution in [-0.4, -0.2) is 47.7 Å². The second-order valence-electron chi connectivity index (χ2n) is 11.3. The molecule has 0 aromatic heterocycles. The van der Waals surface area contributed by atoms with Gasteiger partial charge >= 0.3 is 0 Å². The molecule has 166 valence electrons. The number of aliphatic hydroxyl groups is 1. The number of carbonyl (C=O) groups is 1. The van der Waals surface area contributed by atoms with Crippen LogP contribution in [0.1, 0.15) is 85.5 Å². The topological polar surface area (TPSA) is 52.6 Å². The average Bonchev–Trinajstić information content (AvgIpc) is 3.03. The molecule has 0 aliphatic heterocycles. The van der Waals surface area contributed by atoms with E-state index in [0.717, 1.165) is 56.0 Å². The van der Waals surface area contributed by atoms with Crippen molar-refractivity contribution in [1.29, 1.82) is 0 Å². The molecule has 4 saturated carbocycles. The van der Waals surface area contributed by atoms with Crippen LogP contribution in [0.3, 0.4) is 0 Å². The number of hydrogen-bond acceptors (Lipinski definition) is 3. The Kier molecular flexibility index (Phi) is 6.07. The summed E-state index contributed by atoms with van der Waals surface area (Å²) < 4.78 is 0. The first-order chi connectivity index (χ1) is 13.8. The number of rotatable bonds is 5. The minimum atomic E-state index is -0.0599. The first-order valence-corrected chi connectivity index (χ1v) is 12.5. The van der Waals surface area contributed by atoms with Crippen molar-refractivity contribution in [1.82, 2.24) is 10.2 Å². The Bertz CT molecular complexity index is 606. The van der Waals surface area contributed by atoms with Crippen molar-refractivity contribution < 1.29 is 9.90 Å². The van der Waals surface area contributed by atoms with Crippen LogP contribution < -0.4 is 5.32 Å². The van der Waals surface area contributed by atoms with Gasteiger partial charge in [0, 0.05) is 6.04 Å². The fourth-order valence-electron chi connectivity index (χ4n) is 8.36. The summed E-state index contributed by atoms with van der Waals surface area (Å²) in [5.41, 5.74) is 0.713. The maximum absolute atomic E-state index is 12.7. The fourth-order valence-corrected chi connectivity index (χ4v) is 8.36. The van der Waals surface area contributed by atoms with Gasteiger partial charge in [0.2, 0.25) is 5.91 Å². The van der Waals surface area contributed by atoms with Gasteiger partial charge in [0.1, 0.15) is 0 Å². The summed E-state index contributed by atoms with van der Waals surface area (Å²) in [5, 5.41) is 13.7. The molecule has 4 fully saturated rings. The third kappa shape index (κ3) is 3.67. The van der Waals surface area contributed by atoms with Gasteiger partial charge in [-0.3, -0.25) is 9.69 Å². The van der Waals surface area contributed by atoms with Crippen LogP contribution in [0.15, 0.2) is 0 Å². The molecule has 0 radical (unpaired) electrons. The zero-order valence-electron chi connectivity index (χ0n) is 19.3. The highest BCUT2D eigenvalue weighted by atomic mass is 16.3. The van der Waals surface area contributed by atoms with E-state index in [0.29, 0.717) is 18.0 Å². The number of nitrogens with zero attached hydrogens (tertiary/aromatic N) is 1. The maximum atomic E-state index is 12.7. The minimum Gasteiger partial charge on any atom is -0.393 e. The van der Waals surface area contributed by atoms with E-state index in [-0.39, 0.29) is 17.4 Å². The van der Waals surface area contributed by atoms with Gasteiger partial charge < -0.3 is 10.4 Å². The lowest BCUT2D eigenvalue weighted by Crippen LogP contribution is -2.56. The van der Waals surface area contributed by atoms with Gasteiger partial charge in [0.05, 0.1) is 12.6 Å². The van der Waals surface area contributed by atoms with Gasteiger partial charge in [-0.1, -0.05) is 27.7 Å². The monoisotopic (exact) mass is 404 g/mol. The lowest BCUT2D eigenvalue weighted by molar-refractivity contribution is -0.130. The van der Waals surface area contributed by atoms with Crippen LogP contribution in [0.25, 0.3) is 0 Å². The first kappa shape index (κ1) is 21.6. The second kappa shape index (κ2) is 8.15. The molecule has 0 aromatic carbocycles. The first-order valence-electron chi connectivity index (χ1n) is 12.5. The minimum absolute atomic E-state index is 0.0599. The highest BCUT2D eigenvalue weighted by molar-refractivity contribution is 5.78. The molecule has 4 heteroatoms. The fraction of sp³-hybridized carbons (Fsp3) is 0.960. The number of carbonyl (C=O) groups excluding carboxylic acids is 1. The standard InChI is InChI=1S/C25H44N2O2/c1-5-27(6-2)16-23(29)26-22-10-9-20-19-8-7-17-15-18(28)11-13-24(17,3)21(19)12-14-25(20,22)4/h17-22,28H,5-16H2,1-4H3,(H,26,29)/t17-,18-,19?,20?,21?,22-,24-,25-/m0/s1. The van der Waals surface area contributed by atoms with Gasteiger partial charge in [-0.25, -0.2) is 0 Å². The lowest BCUT2D eigenvalue weighted by Gasteiger charge is -2.61. The molecule has 4 rings (SSSR count). The van der Waals surface area contributed by atoms with Crippen LogP contribution in [0, 0.1) is 34.5 Å². The van der Waals surface area contributed by atoms with Crippen LogP contribution in [0.2, 0.25) is 0 Å². The molecule has 3 unspecified atom stereocenters. The third-order valence-corrected chi connectivity index (χ3v) is 10.2. The van der Waals surface area contributed by atoms with E-state index >= 15 is 0 Å². The molecule has 29 heavy (non-hydrogen) atoms. The highest BCUT2D eigenvalue weighted by Gasteiger charge is 2.60. The summed E-state index contributed by atoms with van der Waals surface area (Å²) in [6, 6.07) is 0.357. The smallest absolute Gasteiger partial charge is 0.234 e. The molecule has 4 aliphatic carbocycles. The highest BCUT2D eigenvalue weighted by Crippen LogP contribution is 2.66. The Hall–Kier alpha value is -0.610. The summed E-state index contributed by atoms with van der Waals surface area (Å²) in [5.74, 6) is 3.37. The van der Waals surface area contributed by atoms with E-state index < -0.39 is 0 Å². The molecular weight excluding hydrogens is 360 g/mol. The van der Waals surface area contributed by atoms with Gasteiger partial charge in [-0.2, -0.15) is 0 Å². The van der Waals surface area contributed by atoms with Crippen LogP contribution >= 0.6 is 0 Å². The summed E-state index contributed by atoms with van der Waals surface area (Å²) in [4.78, 5) is 14.9. The van der Waals surface area contributed by atoms with Crippen LogP contribution in [0.4, 0.5) is 0 Å². The number of fused-ring (bicyclic) bond motifs is 5. The van der Waals surface area contributed by atoms with Crippen molar-refractivity contribution in [3.63, 3.8) is 0 Å². The molecule has 0 saturated heterocycles. The van der Waals surface area contributed by atoms with Crippen LogP contribution in [-0.2, 0) is 4.79 Å². The van der Waals surface area contributed by atoms with Crippen LogP contribution in [0.5, 0.6) is 0 Å². The SMILES string of the molecule is CCN(CC)CC(=O)N[C@H]1CCC2C3CC[C@H]4C[C@@H](O)CC[C@]4(C)C3CC[C@@]21C. The summed E-state index contributed by atoms with van der Waals surface area (Å²) in [6.07, 6.45) is 10.9. The normalized spacial score (nSPS) is 46.7. The molecule has 1 amide bonds. The van der Waals surface area contributed by atoms with Crippen molar-refractivity contribution in [3.05, 3.63) is 0 Å². The van der Waals surface area contributed by atoms with E-state index in [4.69, 9.17) is 0 Å². The van der Waals surface area contributed by atoms with E-state index in [2.05, 4.69) is 37.9 Å². The molecule has 4 nitrogen and oxygen atoms in total. The lowest BCUT2D eigenvalue weighted by atomic mass is 9.45. The number of likely N-dealkylation sites (N-methyl/N-ethyl adjacent to an activating group) is 1. The van der Waals surface area contributed by atoms with Crippen molar-refractivity contribution in [2.75, 3.05) is 19.6 Å². The molecule has 0 bridgehead atoms. The largest absolute Gasteiger partial charge is 0.393 e. The van der Waals surface area contributed by atoms with E-state index in [9.17, 15) is 9.90 Å². The van der Waals surface area contributed by atoms with Gasteiger partial charge in [0.25, 0.3) is 0 Å². The molecule has 0 heterocycles. The third-order valence-electron chi connectivity index (χ3n) is 10.2. The zero-order valence-corrected chi connectivity index (χ0v) is 19.3. The number of nitrogens with one attached hydrogen (secondary N) is 1. The second-order valence-corrected chi connectivity index (χ2v) is 11.3. The Labute approximate surface area is 178 Å².